The fraction of sp³-hybridized carbons (Fsp3) is 0.333. The van der Waals surface area contributed by atoms with Crippen molar-refractivity contribution in [3.05, 3.63) is 35.8 Å². The molecule has 1 aliphatic heterocycles. The summed E-state index contributed by atoms with van der Waals surface area (Å²) in [4.78, 5) is 0. The second-order valence-corrected chi connectivity index (χ2v) is 4.67. The predicted molar refractivity (Wildman–Crippen MR) is 41.3 cm³/mol. The molecule has 1 aliphatic carbocycles. The fourth-order valence-corrected chi connectivity index (χ4v) is 2.22. The normalized spacial score (nSPS) is 25.2. The Kier molecular flexibility index (Phi) is 1.90. The van der Waals surface area contributed by atoms with Crippen LogP contribution in [0.15, 0.2) is 35.8 Å². The summed E-state index contributed by atoms with van der Waals surface area (Å²) in [6.45, 7) is 4.30. The third-order valence-corrected chi connectivity index (χ3v) is 3.11. The van der Waals surface area contributed by atoms with E-state index in [0.717, 1.165) is 11.5 Å². The Morgan fingerprint density at radius 1 is 1.08 bits per heavy atom. The van der Waals surface area contributed by atoms with Crippen LogP contribution in [0, 0.1) is 5.41 Å². The van der Waals surface area contributed by atoms with Crippen molar-refractivity contribution < 1.29 is 28.2 Å². The van der Waals surface area contributed by atoms with Gasteiger partial charge in [-0.2, -0.15) is 0 Å². The van der Waals surface area contributed by atoms with Gasteiger partial charge in [0.25, 0.3) is 0 Å². The molecule has 12 heavy (non-hydrogen) atoms. The monoisotopic (exact) mass is 277 g/mol. The average Bonchev–Trinajstić information content (AvgIpc) is 2.40. The molecule has 0 spiro atoms. The van der Waals surface area contributed by atoms with E-state index in [4.69, 9.17) is 6.13 Å². The molecular formula is C9H10IO2-. The van der Waals surface area contributed by atoms with E-state index >= 15 is 0 Å². The number of hydrogen-bond donors (Lipinski definition) is 0. The Morgan fingerprint density at radius 3 is 2.08 bits per heavy atom. The molecule has 2 nitrogen and oxygen atoms in total. The molecule has 0 bridgehead atoms. The van der Waals surface area contributed by atoms with Gasteiger partial charge in [0.05, 0.1) is 0 Å². The van der Waals surface area contributed by atoms with Gasteiger partial charge in [-0.15, -0.1) is 0 Å². The Labute approximate surface area is 83.3 Å². The first-order valence-corrected chi connectivity index (χ1v) is 5.55. The van der Waals surface area contributed by atoms with Crippen molar-refractivity contribution in [1.29, 1.82) is 0 Å². The molecule has 0 aromatic carbocycles. The molecule has 0 fully saturated rings. The second kappa shape index (κ2) is 2.80. The average molecular weight is 277 g/mol. The van der Waals surface area contributed by atoms with Gasteiger partial charge in [0.1, 0.15) is 0 Å². The zero-order valence-electron chi connectivity index (χ0n) is 7.00. The Bertz CT molecular complexity index is 261. The Hall–Kier alpha value is -0.450. The molecule has 0 saturated heterocycles. The molecule has 0 radical (unpaired) electrons. The number of allylic oxidation sites excluding steroid dienone is 4. The molecule has 2 aliphatic rings. The summed E-state index contributed by atoms with van der Waals surface area (Å²) in [6, 6.07) is 0. The van der Waals surface area contributed by atoms with E-state index in [2.05, 4.69) is 26.0 Å². The molecule has 0 amide bonds. The molecule has 0 saturated carbocycles. The summed E-state index contributed by atoms with van der Waals surface area (Å²) in [5, 5.41) is 0. The Morgan fingerprint density at radius 2 is 1.58 bits per heavy atom. The van der Waals surface area contributed by atoms with E-state index in [1.165, 1.54) is 0 Å². The molecule has 0 atom stereocenters. The van der Waals surface area contributed by atoms with Crippen molar-refractivity contribution in [2.45, 2.75) is 13.8 Å². The summed E-state index contributed by atoms with van der Waals surface area (Å²) in [6.07, 6.45) is 8.26. The van der Waals surface area contributed by atoms with Crippen molar-refractivity contribution in [2.75, 3.05) is 0 Å². The van der Waals surface area contributed by atoms with Gasteiger partial charge in [0.2, 0.25) is 0 Å². The molecule has 0 aromatic heterocycles. The van der Waals surface area contributed by atoms with Crippen LogP contribution < -0.4 is 22.0 Å². The van der Waals surface area contributed by atoms with Crippen LogP contribution in [0.25, 0.3) is 0 Å². The second-order valence-electron chi connectivity index (χ2n) is 3.43. The van der Waals surface area contributed by atoms with E-state index in [9.17, 15) is 0 Å². The molecule has 66 valence electrons. The maximum absolute atomic E-state index is 5.36. The van der Waals surface area contributed by atoms with E-state index in [-0.39, 0.29) is 5.41 Å². The van der Waals surface area contributed by atoms with Crippen LogP contribution in [0.1, 0.15) is 13.8 Å². The van der Waals surface area contributed by atoms with Gasteiger partial charge in [-0.05, 0) is 0 Å². The SMILES string of the molecule is CC1(C)C=CC2=C(C=C1)O[I-]O2. The first-order chi connectivity index (χ1) is 5.67. The van der Waals surface area contributed by atoms with Crippen LogP contribution in [0.3, 0.4) is 0 Å². The zero-order valence-corrected chi connectivity index (χ0v) is 9.16. The van der Waals surface area contributed by atoms with Crippen molar-refractivity contribution in [3.63, 3.8) is 0 Å². The third kappa shape index (κ3) is 1.50. The van der Waals surface area contributed by atoms with Crippen molar-refractivity contribution >= 4 is 0 Å². The van der Waals surface area contributed by atoms with Crippen LogP contribution in [-0.4, -0.2) is 0 Å². The van der Waals surface area contributed by atoms with Gasteiger partial charge in [0, 0.05) is 0 Å². The summed E-state index contributed by atoms with van der Waals surface area (Å²) < 4.78 is 10.7. The van der Waals surface area contributed by atoms with E-state index < -0.39 is 22.0 Å². The van der Waals surface area contributed by atoms with Crippen LogP contribution in [0.4, 0.5) is 0 Å². The first kappa shape index (κ1) is 8.16. The maximum atomic E-state index is 5.36. The zero-order chi connectivity index (χ0) is 8.60. The van der Waals surface area contributed by atoms with Crippen molar-refractivity contribution in [1.82, 2.24) is 0 Å². The quantitative estimate of drug-likeness (QED) is 0.546. The van der Waals surface area contributed by atoms with Gasteiger partial charge in [-0.3, -0.25) is 0 Å². The minimum absolute atomic E-state index is 0.107. The van der Waals surface area contributed by atoms with Crippen molar-refractivity contribution in [2.24, 2.45) is 5.41 Å². The van der Waals surface area contributed by atoms with Gasteiger partial charge in [-0.1, -0.05) is 0 Å². The van der Waals surface area contributed by atoms with Crippen LogP contribution >= 0.6 is 0 Å². The minimum atomic E-state index is -0.531. The van der Waals surface area contributed by atoms with Gasteiger partial charge < -0.3 is 0 Å². The molecule has 1 heterocycles. The summed E-state index contributed by atoms with van der Waals surface area (Å²) in [5.74, 6) is 1.79. The molecule has 0 unspecified atom stereocenters. The topological polar surface area (TPSA) is 18.5 Å². The van der Waals surface area contributed by atoms with Crippen molar-refractivity contribution in [3.8, 4) is 0 Å². The summed E-state index contributed by atoms with van der Waals surface area (Å²) >= 11 is -0.531. The van der Waals surface area contributed by atoms with E-state index in [1.54, 1.807) is 0 Å². The Balaban J connectivity index is 2.34. The number of rotatable bonds is 0. The first-order valence-electron chi connectivity index (χ1n) is 3.79. The standard InChI is InChI=1S/C9H10IO2/c1-9(2)5-3-7-8(4-6-9)12-10-11-7/h3-6H,1-2H3/q-1. The molecular weight excluding hydrogens is 267 g/mol. The molecule has 0 aromatic rings. The predicted octanol–water partition coefficient (Wildman–Crippen LogP) is -0.684. The van der Waals surface area contributed by atoms with Crippen LogP contribution in [0.2, 0.25) is 0 Å². The summed E-state index contributed by atoms with van der Waals surface area (Å²) in [5.41, 5.74) is 0.107. The summed E-state index contributed by atoms with van der Waals surface area (Å²) in [7, 11) is 0. The molecule has 2 rings (SSSR count). The van der Waals surface area contributed by atoms with Crippen LogP contribution in [0.5, 0.6) is 0 Å². The number of halogens is 1. The fourth-order valence-electron chi connectivity index (χ4n) is 1.01. The van der Waals surface area contributed by atoms with Gasteiger partial charge >= 0.3 is 83.3 Å². The third-order valence-electron chi connectivity index (χ3n) is 1.80. The van der Waals surface area contributed by atoms with E-state index in [1.807, 2.05) is 12.2 Å². The van der Waals surface area contributed by atoms with Gasteiger partial charge in [-0.25, -0.2) is 0 Å². The number of hydrogen-bond acceptors (Lipinski definition) is 2. The van der Waals surface area contributed by atoms with Gasteiger partial charge in [0.15, 0.2) is 0 Å². The molecule has 0 N–H and O–H groups in total. The van der Waals surface area contributed by atoms with Crippen LogP contribution in [-0.2, 0) is 6.13 Å². The molecule has 3 heteroatoms. The van der Waals surface area contributed by atoms with E-state index in [0.29, 0.717) is 0 Å².